The molecule has 2 fully saturated rings. The van der Waals surface area contributed by atoms with E-state index in [1.54, 1.807) is 55.4 Å². The molecular weight excluding hydrogens is 540 g/mol. The maximum absolute atomic E-state index is 11.9. The second-order valence-electron chi connectivity index (χ2n) is 12.4. The Labute approximate surface area is 262 Å². The van der Waals surface area contributed by atoms with Gasteiger partial charge in [-0.3, -0.25) is 9.89 Å². The van der Waals surface area contributed by atoms with Crippen LogP contribution in [0.3, 0.4) is 0 Å². The van der Waals surface area contributed by atoms with Crippen LogP contribution in [0.2, 0.25) is 0 Å². The van der Waals surface area contributed by atoms with Gasteiger partial charge in [0.2, 0.25) is 5.88 Å². The van der Waals surface area contributed by atoms with Gasteiger partial charge in [0, 0.05) is 42.1 Å². The van der Waals surface area contributed by atoms with Crippen LogP contribution < -0.4 is 10.3 Å². The third-order valence-corrected chi connectivity index (χ3v) is 5.49. The molecule has 0 radical (unpaired) electrons. The van der Waals surface area contributed by atoms with E-state index in [1.807, 2.05) is 0 Å². The van der Waals surface area contributed by atoms with Crippen molar-refractivity contribution in [1.82, 2.24) is 19.6 Å². The van der Waals surface area contributed by atoms with Gasteiger partial charge in [0.15, 0.2) is 0 Å². The number of nitrogens with one attached hydrogen (secondary N) is 1. The SMILES string of the molecule is C.CC(C)(C)OC(=O)n1ccc(=O)[nH]1.[2H]C([2H])(CO)C([2H])([2H])C1(C)CC1.[2H]C([2H])(COc1ccn(C(=O)OC(C)(C)C)n1)C([2H])([2H])C1(C)CC1. The molecule has 2 saturated carbocycles. The molecule has 2 aliphatic rings. The third kappa shape index (κ3) is 15.2. The van der Waals surface area contributed by atoms with Crippen LogP contribution in [-0.2, 0) is 9.47 Å². The fraction of sp³-hybridized carbons (Fsp3) is 0.742. The average molecular weight is 603 g/mol. The zero-order valence-corrected chi connectivity index (χ0v) is 25.3. The fourth-order valence-electron chi connectivity index (χ4n) is 2.79. The van der Waals surface area contributed by atoms with Gasteiger partial charge < -0.3 is 19.3 Å². The molecule has 240 valence electrons. The van der Waals surface area contributed by atoms with E-state index in [2.05, 4.69) is 10.2 Å². The smallest absolute Gasteiger partial charge is 0.435 e. The minimum atomic E-state index is -2.17. The normalized spacial score (nSPS) is 20.1. The number of aliphatic hydroxyl groups excluding tert-OH is 1. The van der Waals surface area contributed by atoms with Crippen molar-refractivity contribution in [3.05, 3.63) is 34.9 Å². The van der Waals surface area contributed by atoms with Gasteiger partial charge >= 0.3 is 12.2 Å². The van der Waals surface area contributed by atoms with E-state index >= 15 is 0 Å². The quantitative estimate of drug-likeness (QED) is 0.337. The Morgan fingerprint density at radius 3 is 1.93 bits per heavy atom. The number of rotatable bonds is 8. The largest absolute Gasteiger partial charge is 0.477 e. The Morgan fingerprint density at radius 1 is 0.952 bits per heavy atom. The van der Waals surface area contributed by atoms with Crippen molar-refractivity contribution in [1.29, 1.82) is 0 Å². The van der Waals surface area contributed by atoms with Crippen LogP contribution >= 0.6 is 0 Å². The molecule has 0 spiro atoms. The number of carbonyl (C=O) groups is 2. The minimum absolute atomic E-state index is 0. The summed E-state index contributed by atoms with van der Waals surface area (Å²) in [5, 5.41) is 14.9. The second kappa shape index (κ2) is 15.4. The van der Waals surface area contributed by atoms with Crippen molar-refractivity contribution in [3.8, 4) is 5.88 Å². The van der Waals surface area contributed by atoms with Crippen LogP contribution in [0.25, 0.3) is 0 Å². The lowest BCUT2D eigenvalue weighted by molar-refractivity contribution is 0.0502. The monoisotopic (exact) mass is 602 g/mol. The first-order chi connectivity index (χ1) is 21.9. The number of hydrogen-bond acceptors (Lipinski definition) is 8. The highest BCUT2D eigenvalue weighted by molar-refractivity contribution is 5.70. The highest BCUT2D eigenvalue weighted by Crippen LogP contribution is 2.49. The number of hydrogen-bond donors (Lipinski definition) is 2. The highest BCUT2D eigenvalue weighted by atomic mass is 16.6. The molecule has 11 heteroatoms. The maximum atomic E-state index is 11.9. The summed E-state index contributed by atoms with van der Waals surface area (Å²) < 4.78 is 79.4. The number of carbonyl (C=O) groups excluding carboxylic acids is 2. The molecule has 0 atom stereocenters. The molecule has 0 saturated heterocycles. The van der Waals surface area contributed by atoms with E-state index in [1.165, 1.54) is 24.5 Å². The number of nitrogens with zero attached hydrogens (tertiary/aromatic N) is 3. The molecule has 42 heavy (non-hydrogen) atoms. The number of H-pyrrole nitrogens is 1. The summed E-state index contributed by atoms with van der Waals surface area (Å²) in [4.78, 5) is 33.8. The summed E-state index contributed by atoms with van der Waals surface area (Å²) in [6.07, 6.45) is -4.06. The zero-order valence-electron chi connectivity index (χ0n) is 33.3. The molecule has 0 aliphatic heterocycles. The van der Waals surface area contributed by atoms with Crippen LogP contribution in [-0.4, -0.2) is 61.3 Å². The molecule has 2 aliphatic carbocycles. The van der Waals surface area contributed by atoms with Gasteiger partial charge in [-0.2, -0.15) is 9.36 Å². The van der Waals surface area contributed by atoms with E-state index in [-0.39, 0.29) is 18.9 Å². The van der Waals surface area contributed by atoms with Crippen molar-refractivity contribution in [2.75, 3.05) is 13.2 Å². The summed E-state index contributed by atoms with van der Waals surface area (Å²) in [5.74, 6) is 0.0430. The van der Waals surface area contributed by atoms with Crippen LogP contribution in [0, 0.1) is 10.8 Å². The van der Waals surface area contributed by atoms with Crippen LogP contribution in [0.4, 0.5) is 9.59 Å². The number of aromatic nitrogens is 4. The van der Waals surface area contributed by atoms with Gasteiger partial charge in [0.25, 0.3) is 5.56 Å². The molecule has 0 amide bonds. The third-order valence-electron chi connectivity index (χ3n) is 5.49. The molecular formula is C31H54N4O7. The molecule has 0 unspecified atom stereocenters. The first-order valence-electron chi connectivity index (χ1n) is 17.5. The standard InChI is InChI=1S/C15H24N2O3.C8H12N2O3.C7H14O.CH4/c1-14(2,3)20-13(18)17-10-6-12(16-17)19-11-5-7-15(4)8-9-15;1-8(2,3)13-7(12)10-5-4-6(11)9-10;1-7(4-5-7)3-2-6-8;/h6,10H,5,7-9,11H2,1-4H3;4-5H,1-3H3,(H,9,11);8H,2-6H2,1H3;1H4/i5D2,7D2;;2D2,3D2;. The Bertz CT molecular complexity index is 1500. The van der Waals surface area contributed by atoms with E-state index in [0.29, 0.717) is 25.7 Å². The van der Waals surface area contributed by atoms with E-state index in [9.17, 15) is 14.4 Å². The Morgan fingerprint density at radius 2 is 1.48 bits per heavy atom. The van der Waals surface area contributed by atoms with Crippen molar-refractivity contribution in [3.63, 3.8) is 0 Å². The van der Waals surface area contributed by atoms with Gasteiger partial charge in [-0.25, -0.2) is 9.59 Å². The van der Waals surface area contributed by atoms with Gasteiger partial charge in [-0.1, -0.05) is 21.3 Å². The first kappa shape index (κ1) is 25.4. The van der Waals surface area contributed by atoms with E-state index in [4.69, 9.17) is 30.3 Å². The van der Waals surface area contributed by atoms with E-state index in [0.717, 1.165) is 9.36 Å². The zero-order chi connectivity index (χ0) is 38.1. The molecule has 11 nitrogen and oxygen atoms in total. The predicted molar refractivity (Wildman–Crippen MR) is 163 cm³/mol. The lowest BCUT2D eigenvalue weighted by Gasteiger charge is -2.18. The number of ether oxygens (including phenoxy) is 3. The van der Waals surface area contributed by atoms with Gasteiger partial charge in [0.05, 0.1) is 6.61 Å². The molecule has 2 heterocycles. The second-order valence-corrected chi connectivity index (χ2v) is 12.4. The van der Waals surface area contributed by atoms with Crippen molar-refractivity contribution < 1.29 is 39.9 Å². The number of aliphatic hydroxyl groups is 1. The maximum Gasteiger partial charge on any atom is 0.435 e. The Balaban J connectivity index is 0.000000407. The summed E-state index contributed by atoms with van der Waals surface area (Å²) in [7, 11) is 0. The Kier molecular flexibility index (Phi) is 9.33. The lowest BCUT2D eigenvalue weighted by Crippen LogP contribution is -2.28. The number of aromatic amines is 1. The average Bonchev–Trinajstić information content (AvgIpc) is 3.76. The fourth-order valence-corrected chi connectivity index (χ4v) is 2.79. The summed E-state index contributed by atoms with van der Waals surface area (Å²) in [6, 6.07) is 2.67. The van der Waals surface area contributed by atoms with Crippen LogP contribution in [0.15, 0.2) is 29.3 Å². The lowest BCUT2D eigenvalue weighted by atomic mass is 10.0. The van der Waals surface area contributed by atoms with Gasteiger partial charge in [-0.15, -0.1) is 5.10 Å². The first-order valence-corrected chi connectivity index (χ1v) is 13.5. The molecule has 4 rings (SSSR count). The summed E-state index contributed by atoms with van der Waals surface area (Å²) >= 11 is 0. The van der Waals surface area contributed by atoms with Gasteiger partial charge in [0.1, 0.15) is 11.2 Å². The van der Waals surface area contributed by atoms with Crippen LogP contribution in [0.5, 0.6) is 5.88 Å². The van der Waals surface area contributed by atoms with E-state index < -0.39 is 72.9 Å². The summed E-state index contributed by atoms with van der Waals surface area (Å²) in [6.45, 7) is 12.7. The van der Waals surface area contributed by atoms with Crippen LogP contribution in [0.1, 0.15) is 125 Å². The highest BCUT2D eigenvalue weighted by Gasteiger charge is 2.36. The Hall–Kier alpha value is -3.08. The van der Waals surface area contributed by atoms with Crippen molar-refractivity contribution in [2.24, 2.45) is 10.8 Å². The minimum Gasteiger partial charge on any atom is -0.477 e. The summed E-state index contributed by atoms with van der Waals surface area (Å²) in [5.41, 5.74) is -2.77. The van der Waals surface area contributed by atoms with Crippen molar-refractivity contribution >= 4 is 12.2 Å². The molecule has 0 bridgehead atoms. The molecule has 2 aromatic rings. The molecule has 2 N–H and O–H groups in total. The van der Waals surface area contributed by atoms with Gasteiger partial charge in [-0.05, 0) is 104 Å². The predicted octanol–water partition coefficient (Wildman–Crippen LogP) is 6.78. The molecule has 2 aromatic heterocycles. The molecule has 0 aromatic carbocycles. The topological polar surface area (TPSA) is 138 Å². The van der Waals surface area contributed by atoms with Crippen molar-refractivity contribution in [2.45, 2.75) is 125 Å².